The van der Waals surface area contributed by atoms with Crippen LogP contribution < -0.4 is 4.74 Å². The standard InChI is InChI=1S/C23H26N2O2.ClH/c1-2-8-17-9-3-6-14-22(17)27-16-19(26)15-25-21-13-5-4-12-20(21)24-23(25)18-10-7-11-18;/h2-6,9,12-14,18-19,26H,1,7-8,10-11,15-16H2;1H. The van der Waals surface area contributed by atoms with Crippen LogP contribution in [0.25, 0.3) is 11.0 Å². The highest BCUT2D eigenvalue weighted by Crippen LogP contribution is 2.37. The van der Waals surface area contributed by atoms with Gasteiger partial charge in [-0.15, -0.1) is 19.0 Å². The summed E-state index contributed by atoms with van der Waals surface area (Å²) in [4.78, 5) is 4.84. The molecule has 0 aliphatic heterocycles. The molecule has 0 spiro atoms. The second-order valence-electron chi connectivity index (χ2n) is 7.26. The number of rotatable bonds is 8. The molecule has 4 rings (SSSR count). The molecule has 1 unspecified atom stereocenters. The zero-order valence-corrected chi connectivity index (χ0v) is 16.8. The van der Waals surface area contributed by atoms with Gasteiger partial charge in [-0.25, -0.2) is 4.98 Å². The Balaban J connectivity index is 0.00000225. The second kappa shape index (κ2) is 9.26. The fourth-order valence-electron chi connectivity index (χ4n) is 3.68. The monoisotopic (exact) mass is 398 g/mol. The quantitative estimate of drug-likeness (QED) is 0.549. The Morgan fingerprint density at radius 3 is 2.68 bits per heavy atom. The number of allylic oxidation sites excluding steroid dienone is 1. The van der Waals surface area contributed by atoms with Crippen LogP contribution in [-0.4, -0.2) is 27.4 Å². The van der Waals surface area contributed by atoms with Crippen molar-refractivity contribution in [3.63, 3.8) is 0 Å². The number of aliphatic hydroxyl groups excluding tert-OH is 1. The summed E-state index contributed by atoms with van der Waals surface area (Å²) in [7, 11) is 0. The Hall–Kier alpha value is -2.30. The summed E-state index contributed by atoms with van der Waals surface area (Å²) in [6, 6.07) is 16.1. The Morgan fingerprint density at radius 2 is 1.93 bits per heavy atom. The predicted octanol–water partition coefficient (Wildman–Crippen LogP) is 4.89. The summed E-state index contributed by atoms with van der Waals surface area (Å²) in [5.41, 5.74) is 3.18. The number of hydrogen-bond acceptors (Lipinski definition) is 3. The van der Waals surface area contributed by atoms with E-state index in [-0.39, 0.29) is 19.0 Å². The van der Waals surface area contributed by atoms with E-state index in [1.54, 1.807) is 0 Å². The van der Waals surface area contributed by atoms with Crippen molar-refractivity contribution in [2.45, 2.75) is 44.2 Å². The van der Waals surface area contributed by atoms with E-state index in [9.17, 15) is 5.11 Å². The van der Waals surface area contributed by atoms with Crippen molar-refractivity contribution in [2.75, 3.05) is 6.61 Å². The van der Waals surface area contributed by atoms with Crippen LogP contribution in [0.1, 0.15) is 36.6 Å². The Kier molecular flexibility index (Phi) is 6.76. The van der Waals surface area contributed by atoms with E-state index >= 15 is 0 Å². The van der Waals surface area contributed by atoms with Crippen molar-refractivity contribution in [1.29, 1.82) is 0 Å². The van der Waals surface area contributed by atoms with Crippen LogP contribution in [0.15, 0.2) is 61.2 Å². The van der Waals surface area contributed by atoms with Gasteiger partial charge in [-0.3, -0.25) is 0 Å². The topological polar surface area (TPSA) is 47.3 Å². The molecule has 1 aliphatic rings. The number of aromatic nitrogens is 2. The minimum absolute atomic E-state index is 0. The summed E-state index contributed by atoms with van der Waals surface area (Å²) in [6.45, 7) is 4.55. The molecule has 0 radical (unpaired) electrons. The fraction of sp³-hybridized carbons (Fsp3) is 0.348. The lowest BCUT2D eigenvalue weighted by Crippen LogP contribution is -2.26. The summed E-state index contributed by atoms with van der Waals surface area (Å²) < 4.78 is 8.10. The average Bonchev–Trinajstić information content (AvgIpc) is 2.98. The first kappa shape index (κ1) is 20.4. The highest BCUT2D eigenvalue weighted by Gasteiger charge is 2.26. The number of hydrogen-bond donors (Lipinski definition) is 1. The summed E-state index contributed by atoms with van der Waals surface area (Å²) in [5.74, 6) is 2.43. The summed E-state index contributed by atoms with van der Waals surface area (Å²) >= 11 is 0. The minimum atomic E-state index is -0.599. The third-order valence-corrected chi connectivity index (χ3v) is 5.32. The van der Waals surface area contributed by atoms with Crippen LogP contribution in [0.4, 0.5) is 0 Å². The minimum Gasteiger partial charge on any atom is -0.491 e. The van der Waals surface area contributed by atoms with Crippen molar-refractivity contribution in [3.8, 4) is 5.75 Å². The number of ether oxygens (including phenoxy) is 1. The van der Waals surface area contributed by atoms with Crippen LogP contribution in [-0.2, 0) is 13.0 Å². The Bertz CT molecular complexity index is 933. The molecular weight excluding hydrogens is 372 g/mol. The van der Waals surface area contributed by atoms with Crippen LogP contribution in [0.5, 0.6) is 5.75 Å². The third kappa shape index (κ3) is 4.23. The Labute approximate surface area is 172 Å². The van der Waals surface area contributed by atoms with Gasteiger partial charge in [-0.1, -0.05) is 42.8 Å². The summed E-state index contributed by atoms with van der Waals surface area (Å²) in [5, 5.41) is 10.7. The van der Waals surface area contributed by atoms with Crippen molar-refractivity contribution < 1.29 is 9.84 Å². The first-order valence-electron chi connectivity index (χ1n) is 9.71. The normalized spacial score (nSPS) is 14.9. The van der Waals surface area contributed by atoms with Gasteiger partial charge in [0.25, 0.3) is 0 Å². The van der Waals surface area contributed by atoms with Gasteiger partial charge in [0.2, 0.25) is 0 Å². The largest absolute Gasteiger partial charge is 0.491 e. The number of para-hydroxylation sites is 3. The second-order valence-corrected chi connectivity index (χ2v) is 7.26. The van der Waals surface area contributed by atoms with Gasteiger partial charge < -0.3 is 14.4 Å². The average molecular weight is 399 g/mol. The van der Waals surface area contributed by atoms with Gasteiger partial charge in [0.05, 0.1) is 17.6 Å². The zero-order valence-electron chi connectivity index (χ0n) is 16.0. The van der Waals surface area contributed by atoms with Gasteiger partial charge in [0.1, 0.15) is 24.3 Å². The van der Waals surface area contributed by atoms with Gasteiger partial charge in [-0.2, -0.15) is 0 Å². The van der Waals surface area contributed by atoms with Gasteiger partial charge in [0, 0.05) is 5.92 Å². The molecular formula is C23H27ClN2O2. The molecule has 28 heavy (non-hydrogen) atoms. The van der Waals surface area contributed by atoms with E-state index in [1.807, 2.05) is 48.5 Å². The van der Waals surface area contributed by atoms with Crippen LogP contribution in [0, 0.1) is 0 Å². The molecule has 1 fully saturated rings. The molecule has 0 bridgehead atoms. The molecule has 5 heteroatoms. The lowest BCUT2D eigenvalue weighted by molar-refractivity contribution is 0.0915. The van der Waals surface area contributed by atoms with Crippen molar-refractivity contribution in [1.82, 2.24) is 9.55 Å². The van der Waals surface area contributed by atoms with E-state index in [1.165, 1.54) is 19.3 Å². The van der Waals surface area contributed by atoms with Crippen molar-refractivity contribution in [3.05, 3.63) is 72.6 Å². The molecule has 3 aromatic rings. The maximum Gasteiger partial charge on any atom is 0.122 e. The fourth-order valence-corrected chi connectivity index (χ4v) is 3.68. The molecule has 1 atom stereocenters. The zero-order chi connectivity index (χ0) is 18.6. The lowest BCUT2D eigenvalue weighted by atomic mass is 9.85. The highest BCUT2D eigenvalue weighted by molar-refractivity contribution is 5.85. The molecule has 1 saturated carbocycles. The molecule has 2 aromatic carbocycles. The molecule has 4 nitrogen and oxygen atoms in total. The molecule has 1 aliphatic carbocycles. The maximum absolute atomic E-state index is 10.7. The molecule has 148 valence electrons. The molecule has 1 aromatic heterocycles. The van der Waals surface area contributed by atoms with Crippen molar-refractivity contribution in [2.24, 2.45) is 0 Å². The van der Waals surface area contributed by atoms with E-state index in [0.717, 1.165) is 34.6 Å². The first-order chi connectivity index (χ1) is 13.3. The lowest BCUT2D eigenvalue weighted by Gasteiger charge is -2.26. The smallest absolute Gasteiger partial charge is 0.122 e. The number of fused-ring (bicyclic) bond motifs is 1. The Morgan fingerprint density at radius 1 is 1.18 bits per heavy atom. The van der Waals surface area contributed by atoms with Crippen LogP contribution in [0.2, 0.25) is 0 Å². The third-order valence-electron chi connectivity index (χ3n) is 5.32. The SMILES string of the molecule is C=CCc1ccccc1OCC(O)Cn1c(C2CCC2)nc2ccccc21.Cl. The van der Waals surface area contributed by atoms with E-state index < -0.39 is 6.10 Å². The van der Waals surface area contributed by atoms with Crippen LogP contribution >= 0.6 is 12.4 Å². The van der Waals surface area contributed by atoms with E-state index in [4.69, 9.17) is 9.72 Å². The van der Waals surface area contributed by atoms with Crippen LogP contribution in [0.3, 0.4) is 0 Å². The number of aliphatic hydroxyl groups is 1. The van der Waals surface area contributed by atoms with Gasteiger partial charge >= 0.3 is 0 Å². The predicted molar refractivity (Wildman–Crippen MR) is 115 cm³/mol. The number of halogens is 1. The molecule has 1 heterocycles. The first-order valence-corrected chi connectivity index (χ1v) is 9.71. The number of nitrogens with zero attached hydrogens (tertiary/aromatic N) is 2. The molecule has 1 N–H and O–H groups in total. The summed E-state index contributed by atoms with van der Waals surface area (Å²) in [6.07, 6.45) is 5.65. The van der Waals surface area contributed by atoms with E-state index in [0.29, 0.717) is 12.5 Å². The van der Waals surface area contributed by atoms with E-state index in [2.05, 4.69) is 17.2 Å². The number of imidazole rings is 1. The molecule has 0 saturated heterocycles. The molecule has 0 amide bonds. The van der Waals surface area contributed by atoms with Gasteiger partial charge in [-0.05, 0) is 43.0 Å². The van der Waals surface area contributed by atoms with Gasteiger partial charge in [0.15, 0.2) is 0 Å². The maximum atomic E-state index is 10.7. The van der Waals surface area contributed by atoms with Crippen molar-refractivity contribution >= 4 is 23.4 Å². The number of benzene rings is 2. The highest BCUT2D eigenvalue weighted by atomic mass is 35.5.